The van der Waals surface area contributed by atoms with Crippen molar-refractivity contribution in [3.8, 4) is 0 Å². The topological polar surface area (TPSA) is 40.7 Å². The van der Waals surface area contributed by atoms with E-state index in [1.807, 2.05) is 25.1 Å². The quantitative estimate of drug-likeness (QED) is 0.752. The molecule has 3 aromatic rings. The molecule has 2 heterocycles. The first-order chi connectivity index (χ1) is 9.74. The van der Waals surface area contributed by atoms with Gasteiger partial charge in [0.2, 0.25) is 0 Å². The number of nitrogens with zero attached hydrogens (tertiary/aromatic N) is 1. The molecule has 2 N–H and O–H groups in total. The number of hydrogen-bond donors (Lipinski definition) is 2. The number of hydrogen-bond acceptors (Lipinski definition) is 2. The molecule has 0 saturated carbocycles. The fourth-order valence-corrected chi connectivity index (χ4v) is 2.54. The van der Waals surface area contributed by atoms with Crippen LogP contribution < -0.4 is 5.32 Å². The Labute approximate surface area is 119 Å². The monoisotopic (exact) mass is 265 g/mol. The van der Waals surface area contributed by atoms with Crippen molar-refractivity contribution in [3.05, 3.63) is 59.4 Å². The van der Waals surface area contributed by atoms with Gasteiger partial charge in [0.25, 0.3) is 0 Å². The maximum Gasteiger partial charge on any atom is 0.126 e. The van der Waals surface area contributed by atoms with Crippen molar-refractivity contribution in [2.24, 2.45) is 0 Å². The van der Waals surface area contributed by atoms with E-state index in [2.05, 4.69) is 46.6 Å². The minimum atomic E-state index is 0.886. The fourth-order valence-electron chi connectivity index (χ4n) is 2.54. The summed E-state index contributed by atoms with van der Waals surface area (Å²) < 4.78 is 0. The average Bonchev–Trinajstić information content (AvgIpc) is 2.84. The minimum Gasteiger partial charge on any atom is -0.370 e. The summed E-state index contributed by atoms with van der Waals surface area (Å²) in [5.41, 5.74) is 4.93. The molecule has 20 heavy (non-hydrogen) atoms. The number of fused-ring (bicyclic) bond motifs is 1. The summed E-state index contributed by atoms with van der Waals surface area (Å²) in [6.07, 6.45) is 3.10. The molecule has 3 rings (SSSR count). The molecule has 0 aliphatic rings. The Morgan fingerprint density at radius 3 is 2.80 bits per heavy atom. The predicted molar refractivity (Wildman–Crippen MR) is 84.2 cm³/mol. The smallest absolute Gasteiger partial charge is 0.126 e. The van der Waals surface area contributed by atoms with Crippen molar-refractivity contribution in [1.29, 1.82) is 0 Å². The van der Waals surface area contributed by atoms with Crippen LogP contribution in [0.15, 0.2) is 42.6 Å². The third kappa shape index (κ3) is 2.52. The largest absolute Gasteiger partial charge is 0.370 e. The van der Waals surface area contributed by atoms with Crippen molar-refractivity contribution in [1.82, 2.24) is 9.97 Å². The van der Waals surface area contributed by atoms with E-state index >= 15 is 0 Å². The molecular formula is C17H19N3. The summed E-state index contributed by atoms with van der Waals surface area (Å²) in [6, 6.07) is 12.5. The first-order valence-corrected chi connectivity index (χ1v) is 6.97. The van der Waals surface area contributed by atoms with Crippen LogP contribution in [0.1, 0.15) is 16.8 Å². The lowest BCUT2D eigenvalue weighted by Gasteiger charge is -2.05. The molecule has 3 nitrogen and oxygen atoms in total. The lowest BCUT2D eigenvalue weighted by molar-refractivity contribution is 1.01. The third-order valence-corrected chi connectivity index (χ3v) is 3.60. The molecule has 102 valence electrons. The fraction of sp³-hybridized carbons (Fsp3) is 0.235. The molecule has 3 heteroatoms. The summed E-state index contributed by atoms with van der Waals surface area (Å²) >= 11 is 0. The Bertz CT molecular complexity index is 728. The van der Waals surface area contributed by atoms with E-state index in [9.17, 15) is 0 Å². The maximum absolute atomic E-state index is 4.45. The zero-order chi connectivity index (χ0) is 13.9. The number of aromatic amines is 1. The van der Waals surface area contributed by atoms with Crippen LogP contribution in [-0.4, -0.2) is 16.5 Å². The summed E-state index contributed by atoms with van der Waals surface area (Å²) in [5, 5.41) is 4.70. The van der Waals surface area contributed by atoms with Crippen LogP contribution in [0.4, 0.5) is 5.82 Å². The number of nitrogens with one attached hydrogen (secondary N) is 2. The molecular weight excluding hydrogens is 246 g/mol. The Balaban J connectivity index is 1.70. The van der Waals surface area contributed by atoms with Crippen LogP contribution in [0.5, 0.6) is 0 Å². The highest BCUT2D eigenvalue weighted by molar-refractivity contribution is 5.85. The summed E-state index contributed by atoms with van der Waals surface area (Å²) in [7, 11) is 0. The number of rotatable bonds is 4. The van der Waals surface area contributed by atoms with E-state index in [0.29, 0.717) is 0 Å². The zero-order valence-corrected chi connectivity index (χ0v) is 11.9. The van der Waals surface area contributed by atoms with Gasteiger partial charge < -0.3 is 10.3 Å². The van der Waals surface area contributed by atoms with Gasteiger partial charge in [-0.1, -0.05) is 24.3 Å². The number of benzene rings is 1. The first kappa shape index (κ1) is 12.7. The van der Waals surface area contributed by atoms with Crippen molar-refractivity contribution in [3.63, 3.8) is 0 Å². The van der Waals surface area contributed by atoms with Gasteiger partial charge in [0.15, 0.2) is 0 Å². The van der Waals surface area contributed by atoms with Gasteiger partial charge in [-0.15, -0.1) is 0 Å². The normalized spacial score (nSPS) is 10.9. The van der Waals surface area contributed by atoms with E-state index in [1.54, 1.807) is 0 Å². The van der Waals surface area contributed by atoms with Gasteiger partial charge in [-0.3, -0.25) is 0 Å². The van der Waals surface area contributed by atoms with Gasteiger partial charge in [-0.25, -0.2) is 4.98 Å². The van der Waals surface area contributed by atoms with Gasteiger partial charge in [0.05, 0.1) is 0 Å². The van der Waals surface area contributed by atoms with Crippen LogP contribution in [0.25, 0.3) is 10.9 Å². The maximum atomic E-state index is 4.45. The molecule has 0 unspecified atom stereocenters. The highest BCUT2D eigenvalue weighted by Crippen LogP contribution is 2.21. The highest BCUT2D eigenvalue weighted by Gasteiger charge is 2.04. The Morgan fingerprint density at radius 1 is 1.10 bits per heavy atom. The van der Waals surface area contributed by atoms with E-state index in [0.717, 1.165) is 24.5 Å². The van der Waals surface area contributed by atoms with Gasteiger partial charge >= 0.3 is 0 Å². The molecule has 0 radical (unpaired) electrons. The van der Waals surface area contributed by atoms with Gasteiger partial charge in [0, 0.05) is 29.3 Å². The Morgan fingerprint density at radius 2 is 1.95 bits per heavy atom. The van der Waals surface area contributed by atoms with Crippen LogP contribution in [0.2, 0.25) is 0 Å². The van der Waals surface area contributed by atoms with E-state index in [-0.39, 0.29) is 0 Å². The number of H-pyrrole nitrogens is 1. The molecule has 0 fully saturated rings. The Hall–Kier alpha value is -2.29. The standard InChI is InChI=1S/C17H19N3/c1-12-5-3-7-15-14(11-19-17(12)15)9-10-18-16-8-4-6-13(2)20-16/h3-8,11,19H,9-10H2,1-2H3,(H,18,20). The van der Waals surface area contributed by atoms with Crippen LogP contribution in [0.3, 0.4) is 0 Å². The lowest BCUT2D eigenvalue weighted by atomic mass is 10.1. The van der Waals surface area contributed by atoms with Crippen LogP contribution in [-0.2, 0) is 6.42 Å². The molecule has 0 aliphatic heterocycles. The second kappa shape index (κ2) is 5.37. The number of anilines is 1. The van der Waals surface area contributed by atoms with Crippen LogP contribution >= 0.6 is 0 Å². The van der Waals surface area contributed by atoms with Crippen molar-refractivity contribution < 1.29 is 0 Å². The van der Waals surface area contributed by atoms with Gasteiger partial charge in [0.1, 0.15) is 5.82 Å². The summed E-state index contributed by atoms with van der Waals surface area (Å²) in [6.45, 7) is 5.03. The predicted octanol–water partition coefficient (Wildman–Crippen LogP) is 3.83. The molecule has 0 atom stereocenters. The summed E-state index contributed by atoms with van der Waals surface area (Å²) in [4.78, 5) is 7.82. The van der Waals surface area contributed by atoms with E-state index in [4.69, 9.17) is 0 Å². The number of pyridine rings is 1. The molecule has 2 aromatic heterocycles. The zero-order valence-electron chi connectivity index (χ0n) is 11.9. The molecule has 1 aromatic carbocycles. The number of aryl methyl sites for hydroxylation is 2. The van der Waals surface area contributed by atoms with E-state index in [1.165, 1.54) is 22.0 Å². The first-order valence-electron chi connectivity index (χ1n) is 6.97. The van der Waals surface area contributed by atoms with Crippen molar-refractivity contribution >= 4 is 16.7 Å². The van der Waals surface area contributed by atoms with Gasteiger partial charge in [-0.2, -0.15) is 0 Å². The van der Waals surface area contributed by atoms with Gasteiger partial charge in [-0.05, 0) is 43.5 Å². The third-order valence-electron chi connectivity index (χ3n) is 3.60. The Kier molecular flexibility index (Phi) is 3.42. The van der Waals surface area contributed by atoms with Crippen molar-refractivity contribution in [2.75, 3.05) is 11.9 Å². The highest BCUT2D eigenvalue weighted by atomic mass is 15.0. The number of aromatic nitrogens is 2. The minimum absolute atomic E-state index is 0.886. The second-order valence-corrected chi connectivity index (χ2v) is 5.15. The molecule has 0 spiro atoms. The molecule has 0 amide bonds. The summed E-state index contributed by atoms with van der Waals surface area (Å²) in [5.74, 6) is 0.945. The SMILES string of the molecule is Cc1cccc(NCCc2c[nH]c3c(C)cccc23)n1. The number of para-hydroxylation sites is 1. The van der Waals surface area contributed by atoms with E-state index < -0.39 is 0 Å². The molecule has 0 saturated heterocycles. The molecule has 0 bridgehead atoms. The van der Waals surface area contributed by atoms with Crippen LogP contribution in [0, 0.1) is 13.8 Å². The lowest BCUT2D eigenvalue weighted by Crippen LogP contribution is -2.06. The molecule has 0 aliphatic carbocycles. The second-order valence-electron chi connectivity index (χ2n) is 5.15. The van der Waals surface area contributed by atoms with Crippen molar-refractivity contribution in [2.45, 2.75) is 20.3 Å². The average molecular weight is 265 g/mol.